The molecule has 1 aromatic carbocycles. The minimum absolute atomic E-state index is 0.0293. The molecule has 0 unspecified atom stereocenters. The molecule has 0 radical (unpaired) electrons. The van der Waals surface area contributed by atoms with E-state index in [1.807, 2.05) is 18.2 Å². The third-order valence-corrected chi connectivity index (χ3v) is 6.95. The first-order chi connectivity index (χ1) is 15.2. The normalized spacial score (nSPS) is 14.7. The van der Waals surface area contributed by atoms with Gasteiger partial charge in [0.25, 0.3) is 0 Å². The van der Waals surface area contributed by atoms with E-state index in [-0.39, 0.29) is 5.78 Å². The van der Waals surface area contributed by atoms with Gasteiger partial charge in [-0.15, -0.1) is 22.7 Å². The summed E-state index contributed by atoms with van der Waals surface area (Å²) in [5.74, 6) is 1.96. The summed E-state index contributed by atoms with van der Waals surface area (Å²) in [7, 11) is 0. The van der Waals surface area contributed by atoms with E-state index in [1.165, 1.54) is 0 Å². The zero-order chi connectivity index (χ0) is 21.2. The fourth-order valence-corrected chi connectivity index (χ4v) is 5.31. The van der Waals surface area contributed by atoms with Gasteiger partial charge in [0, 0.05) is 34.5 Å². The number of thiophene rings is 2. The van der Waals surface area contributed by atoms with E-state index in [9.17, 15) is 4.79 Å². The average Bonchev–Trinajstić information content (AvgIpc) is 3.45. The van der Waals surface area contributed by atoms with E-state index in [4.69, 9.17) is 19.4 Å². The van der Waals surface area contributed by atoms with Gasteiger partial charge in [-0.2, -0.15) is 4.98 Å². The van der Waals surface area contributed by atoms with Crippen LogP contribution in [0.3, 0.4) is 0 Å². The van der Waals surface area contributed by atoms with Gasteiger partial charge in [0.1, 0.15) is 16.4 Å². The van der Waals surface area contributed by atoms with Crippen molar-refractivity contribution >= 4 is 38.7 Å². The predicted molar refractivity (Wildman–Crippen MR) is 123 cm³/mol. The molecule has 0 bridgehead atoms. The molecule has 1 saturated heterocycles. The third kappa shape index (κ3) is 4.38. The second-order valence-electron chi connectivity index (χ2n) is 7.32. The van der Waals surface area contributed by atoms with E-state index >= 15 is 0 Å². The molecule has 0 saturated carbocycles. The molecule has 0 amide bonds. The largest absolute Gasteiger partial charge is 0.438 e. The SMILES string of the molecule is CC(=O)c1ccc(Oc2nc(CN3CCOCC3)nc3scc(-c4cccs4)c23)cc1. The molecule has 5 rings (SSSR count). The number of nitrogens with zero attached hydrogens (tertiary/aromatic N) is 3. The van der Waals surface area contributed by atoms with Gasteiger partial charge in [0.15, 0.2) is 5.78 Å². The summed E-state index contributed by atoms with van der Waals surface area (Å²) < 4.78 is 11.7. The highest BCUT2D eigenvalue weighted by Gasteiger charge is 2.20. The number of fused-ring (bicyclic) bond motifs is 1. The highest BCUT2D eigenvalue weighted by Crippen LogP contribution is 2.41. The molecule has 1 fully saturated rings. The Morgan fingerprint density at radius 3 is 2.65 bits per heavy atom. The lowest BCUT2D eigenvalue weighted by molar-refractivity contribution is 0.0330. The lowest BCUT2D eigenvalue weighted by Crippen LogP contribution is -2.36. The van der Waals surface area contributed by atoms with Crippen LogP contribution in [0.4, 0.5) is 0 Å². The zero-order valence-corrected chi connectivity index (χ0v) is 18.7. The summed E-state index contributed by atoms with van der Waals surface area (Å²) in [6.07, 6.45) is 0. The predicted octanol–water partition coefficient (Wildman–Crippen LogP) is 5.25. The molecule has 0 N–H and O–H groups in total. The summed E-state index contributed by atoms with van der Waals surface area (Å²) >= 11 is 3.29. The van der Waals surface area contributed by atoms with E-state index in [2.05, 4.69) is 21.7 Å². The van der Waals surface area contributed by atoms with E-state index in [0.717, 1.165) is 52.8 Å². The number of hydrogen-bond acceptors (Lipinski definition) is 8. The molecule has 4 aromatic rings. The first-order valence-electron chi connectivity index (χ1n) is 10.1. The van der Waals surface area contributed by atoms with Crippen LogP contribution in [-0.4, -0.2) is 47.0 Å². The van der Waals surface area contributed by atoms with Crippen LogP contribution in [-0.2, 0) is 11.3 Å². The summed E-state index contributed by atoms with van der Waals surface area (Å²) in [5, 5.41) is 5.11. The number of morpholine rings is 1. The molecule has 0 spiro atoms. The maximum Gasteiger partial charge on any atom is 0.232 e. The van der Waals surface area contributed by atoms with Gasteiger partial charge >= 0.3 is 0 Å². The van der Waals surface area contributed by atoms with Crippen LogP contribution in [0, 0.1) is 0 Å². The molecular formula is C23H21N3O3S2. The molecule has 3 aromatic heterocycles. The summed E-state index contributed by atoms with van der Waals surface area (Å²) in [6.45, 7) is 5.42. The number of ether oxygens (including phenoxy) is 2. The Hall–Kier alpha value is -2.65. The molecule has 31 heavy (non-hydrogen) atoms. The fraction of sp³-hybridized carbons (Fsp3) is 0.261. The Kier molecular flexibility index (Phi) is 5.78. The zero-order valence-electron chi connectivity index (χ0n) is 17.0. The van der Waals surface area contributed by atoms with Crippen LogP contribution in [0.5, 0.6) is 11.6 Å². The molecule has 6 nitrogen and oxygen atoms in total. The van der Waals surface area contributed by atoms with Crippen molar-refractivity contribution in [1.29, 1.82) is 0 Å². The van der Waals surface area contributed by atoms with Gasteiger partial charge in [-0.3, -0.25) is 9.69 Å². The van der Waals surface area contributed by atoms with Crippen LogP contribution in [0.2, 0.25) is 0 Å². The van der Waals surface area contributed by atoms with Gasteiger partial charge in [0.2, 0.25) is 5.88 Å². The number of ketones is 1. The fourth-order valence-electron chi connectivity index (χ4n) is 3.54. The quantitative estimate of drug-likeness (QED) is 0.373. The first kappa shape index (κ1) is 20.3. The van der Waals surface area contributed by atoms with E-state index in [1.54, 1.807) is 41.7 Å². The molecule has 0 atom stereocenters. The van der Waals surface area contributed by atoms with Gasteiger partial charge in [-0.25, -0.2) is 4.98 Å². The van der Waals surface area contributed by atoms with Gasteiger partial charge in [0.05, 0.1) is 25.1 Å². The van der Waals surface area contributed by atoms with Crippen LogP contribution in [0.1, 0.15) is 23.1 Å². The third-order valence-electron chi connectivity index (χ3n) is 5.18. The minimum atomic E-state index is 0.0293. The van der Waals surface area contributed by atoms with Crippen molar-refractivity contribution < 1.29 is 14.3 Å². The van der Waals surface area contributed by atoms with Crippen molar-refractivity contribution in [2.24, 2.45) is 0 Å². The number of benzene rings is 1. The van der Waals surface area contributed by atoms with Crippen molar-refractivity contribution in [2.75, 3.05) is 26.3 Å². The lowest BCUT2D eigenvalue weighted by atomic mass is 10.1. The summed E-state index contributed by atoms with van der Waals surface area (Å²) in [6, 6.07) is 11.3. The number of carbonyl (C=O) groups is 1. The lowest BCUT2D eigenvalue weighted by Gasteiger charge is -2.25. The Morgan fingerprint density at radius 2 is 1.94 bits per heavy atom. The molecule has 4 heterocycles. The van der Waals surface area contributed by atoms with E-state index < -0.39 is 0 Å². The van der Waals surface area contributed by atoms with Gasteiger partial charge in [-0.1, -0.05) is 6.07 Å². The molecule has 8 heteroatoms. The molecule has 0 aliphatic carbocycles. The van der Waals surface area contributed by atoms with Crippen molar-refractivity contribution in [3.8, 4) is 22.1 Å². The maximum absolute atomic E-state index is 11.6. The highest BCUT2D eigenvalue weighted by molar-refractivity contribution is 7.18. The van der Waals surface area contributed by atoms with Crippen LogP contribution >= 0.6 is 22.7 Å². The molecule has 1 aliphatic rings. The Morgan fingerprint density at radius 1 is 1.13 bits per heavy atom. The number of carbonyl (C=O) groups excluding carboxylic acids is 1. The monoisotopic (exact) mass is 451 g/mol. The molecule has 158 valence electrons. The van der Waals surface area contributed by atoms with E-state index in [0.29, 0.717) is 23.7 Å². The highest BCUT2D eigenvalue weighted by atomic mass is 32.1. The smallest absolute Gasteiger partial charge is 0.232 e. The summed E-state index contributed by atoms with van der Waals surface area (Å²) in [4.78, 5) is 25.6. The Balaban J connectivity index is 1.54. The summed E-state index contributed by atoms with van der Waals surface area (Å²) in [5.41, 5.74) is 1.74. The number of rotatable bonds is 6. The topological polar surface area (TPSA) is 64.5 Å². The number of hydrogen-bond donors (Lipinski definition) is 0. The second-order valence-corrected chi connectivity index (χ2v) is 9.13. The molecule has 1 aliphatic heterocycles. The minimum Gasteiger partial charge on any atom is -0.438 e. The van der Waals surface area contributed by atoms with Crippen LogP contribution < -0.4 is 4.74 Å². The average molecular weight is 452 g/mol. The molecular weight excluding hydrogens is 430 g/mol. The van der Waals surface area contributed by atoms with Crippen molar-refractivity contribution in [1.82, 2.24) is 14.9 Å². The van der Waals surface area contributed by atoms with Crippen molar-refractivity contribution in [2.45, 2.75) is 13.5 Å². The van der Waals surface area contributed by atoms with Crippen LogP contribution in [0.25, 0.3) is 20.7 Å². The van der Waals surface area contributed by atoms with Gasteiger partial charge < -0.3 is 9.47 Å². The van der Waals surface area contributed by atoms with Crippen molar-refractivity contribution in [3.05, 3.63) is 58.5 Å². The standard InChI is InChI=1S/C23H21N3O3S2/c1-15(27)16-4-6-17(7-5-16)29-22-21-18(19-3-2-12-30-19)14-31-23(21)25-20(24-22)13-26-8-10-28-11-9-26/h2-7,12,14H,8-11,13H2,1H3. The van der Waals surface area contributed by atoms with Crippen LogP contribution in [0.15, 0.2) is 47.2 Å². The Bertz CT molecular complexity index is 1200. The van der Waals surface area contributed by atoms with Gasteiger partial charge in [-0.05, 0) is 42.6 Å². The first-order valence-corrected chi connectivity index (χ1v) is 11.8. The maximum atomic E-state index is 11.6. The Labute approximate surface area is 188 Å². The number of Topliss-reactive ketones (excluding diaryl/α,β-unsaturated/α-hetero) is 1. The van der Waals surface area contributed by atoms with Crippen molar-refractivity contribution in [3.63, 3.8) is 0 Å². The number of aromatic nitrogens is 2. The second kappa shape index (κ2) is 8.84.